The van der Waals surface area contributed by atoms with E-state index in [1.807, 2.05) is 44.8 Å². The van der Waals surface area contributed by atoms with Crippen molar-refractivity contribution in [2.24, 2.45) is 23.2 Å². The summed E-state index contributed by atoms with van der Waals surface area (Å²) in [5.74, 6) is -0.770. The van der Waals surface area contributed by atoms with Gasteiger partial charge in [0, 0.05) is 51.2 Å². The van der Waals surface area contributed by atoms with E-state index in [4.69, 9.17) is 18.9 Å². The number of esters is 1. The summed E-state index contributed by atoms with van der Waals surface area (Å²) >= 11 is 0. The van der Waals surface area contributed by atoms with Crippen LogP contribution in [0.2, 0.25) is 0 Å². The molecule has 1 aliphatic carbocycles. The maximum atomic E-state index is 14.3. The highest BCUT2D eigenvalue weighted by Crippen LogP contribution is 2.39. The second-order valence-corrected chi connectivity index (χ2v) is 16.5. The van der Waals surface area contributed by atoms with Gasteiger partial charge in [-0.1, -0.05) is 13.8 Å². The number of hydrogen-bond donors (Lipinski definition) is 0. The first-order valence-electron chi connectivity index (χ1n) is 18.1. The van der Waals surface area contributed by atoms with Gasteiger partial charge in [-0.3, -0.25) is 19.3 Å². The van der Waals surface area contributed by atoms with Gasteiger partial charge in [0.05, 0.1) is 24.4 Å². The molecule has 3 rings (SSSR count). The molecule has 1 saturated carbocycles. The number of Topliss-reactive ketones (excluding diaryl/α,β-unsaturated/α-hetero) is 1. The van der Waals surface area contributed by atoms with Gasteiger partial charge in [-0.2, -0.15) is 0 Å². The zero-order valence-electron chi connectivity index (χ0n) is 32.4. The van der Waals surface area contributed by atoms with E-state index in [2.05, 4.69) is 44.8 Å². The van der Waals surface area contributed by atoms with Gasteiger partial charge in [-0.25, -0.2) is 0 Å². The van der Waals surface area contributed by atoms with Crippen LogP contribution in [0.15, 0.2) is 0 Å². The Hall–Kier alpha value is -1.63. The predicted molar refractivity (Wildman–Crippen MR) is 188 cm³/mol. The van der Waals surface area contributed by atoms with E-state index in [1.54, 1.807) is 21.0 Å². The van der Waals surface area contributed by atoms with Crippen LogP contribution in [-0.4, -0.2) is 149 Å². The Labute approximate surface area is 291 Å². The minimum atomic E-state index is -1.38. The van der Waals surface area contributed by atoms with E-state index in [0.717, 1.165) is 38.6 Å². The van der Waals surface area contributed by atoms with Crippen molar-refractivity contribution in [2.45, 2.75) is 129 Å². The lowest BCUT2D eigenvalue weighted by atomic mass is 9.74. The first-order valence-corrected chi connectivity index (χ1v) is 18.1. The van der Waals surface area contributed by atoms with Gasteiger partial charge < -0.3 is 33.6 Å². The molecule has 11 heteroatoms. The van der Waals surface area contributed by atoms with Crippen LogP contribution in [-0.2, 0) is 33.3 Å². The fourth-order valence-electron chi connectivity index (χ4n) is 8.47. The second-order valence-electron chi connectivity index (χ2n) is 16.5. The van der Waals surface area contributed by atoms with Gasteiger partial charge in [-0.15, -0.1) is 0 Å². The maximum absolute atomic E-state index is 14.3. The monoisotopic (exact) mass is 681 g/mol. The lowest BCUT2D eigenvalue weighted by molar-refractivity contribution is -0.263. The maximum Gasteiger partial charge on any atom is 0.319 e. The summed E-state index contributed by atoms with van der Waals surface area (Å²) in [5.41, 5.74) is -2.20. The van der Waals surface area contributed by atoms with Gasteiger partial charge in [0.2, 0.25) is 5.91 Å². The Bertz CT molecular complexity index is 1080. The molecule has 0 aromatic carbocycles. The molecule has 0 aromatic rings. The molecule has 0 bridgehead atoms. The van der Waals surface area contributed by atoms with E-state index in [1.165, 1.54) is 0 Å². The zero-order valence-corrected chi connectivity index (χ0v) is 32.4. The number of amides is 1. The third-order valence-corrected chi connectivity index (χ3v) is 11.5. The predicted octanol–water partition coefficient (Wildman–Crippen LogP) is 3.93. The van der Waals surface area contributed by atoms with E-state index >= 15 is 0 Å². The van der Waals surface area contributed by atoms with Crippen molar-refractivity contribution in [2.75, 3.05) is 69.1 Å². The van der Waals surface area contributed by atoms with Crippen molar-refractivity contribution < 1.29 is 33.3 Å². The smallest absolute Gasteiger partial charge is 0.319 e. The highest BCUT2D eigenvalue weighted by Gasteiger charge is 2.50. The average molecular weight is 681 g/mol. The average Bonchev–Trinajstić information content (AvgIpc) is 3.01. The quantitative estimate of drug-likeness (QED) is 0.277. The minimum Gasteiger partial charge on any atom is -0.463 e. The van der Waals surface area contributed by atoms with Gasteiger partial charge in [0.15, 0.2) is 12.1 Å². The summed E-state index contributed by atoms with van der Waals surface area (Å²) < 4.78 is 25.5. The number of ether oxygens (including phenoxy) is 4. The summed E-state index contributed by atoms with van der Waals surface area (Å²) in [6.07, 6.45) is 4.79. The van der Waals surface area contributed by atoms with Crippen LogP contribution >= 0.6 is 0 Å². The van der Waals surface area contributed by atoms with Crippen LogP contribution in [0.1, 0.15) is 86.5 Å². The zero-order chi connectivity index (χ0) is 36.1. The summed E-state index contributed by atoms with van der Waals surface area (Å²) in [6.45, 7) is 12.9. The summed E-state index contributed by atoms with van der Waals surface area (Å²) in [5, 5.41) is 0. The van der Waals surface area contributed by atoms with Crippen molar-refractivity contribution in [3.63, 3.8) is 0 Å². The lowest BCUT2D eigenvalue weighted by Gasteiger charge is -2.45. The summed E-state index contributed by atoms with van der Waals surface area (Å²) in [4.78, 5) is 49.2. The number of nitrogens with zero attached hydrogens (tertiary/aromatic N) is 4. The van der Waals surface area contributed by atoms with Crippen LogP contribution in [0, 0.1) is 23.2 Å². The Morgan fingerprint density at radius 2 is 1.58 bits per heavy atom. The molecule has 1 amide bonds. The Balaban J connectivity index is 1.87. The molecular weight excluding hydrogens is 612 g/mol. The first-order chi connectivity index (χ1) is 22.3. The van der Waals surface area contributed by atoms with Crippen molar-refractivity contribution in [1.82, 2.24) is 19.6 Å². The van der Waals surface area contributed by atoms with E-state index in [9.17, 15) is 14.4 Å². The number of methoxy groups -OCH3 is 1. The third-order valence-electron chi connectivity index (χ3n) is 11.5. The largest absolute Gasteiger partial charge is 0.463 e. The molecule has 2 aliphatic heterocycles. The van der Waals surface area contributed by atoms with E-state index in [0.29, 0.717) is 31.3 Å². The van der Waals surface area contributed by atoms with Crippen LogP contribution in [0.25, 0.3) is 0 Å². The third kappa shape index (κ3) is 10.00. The van der Waals surface area contributed by atoms with Crippen LogP contribution in [0.3, 0.4) is 0 Å². The van der Waals surface area contributed by atoms with Crippen LogP contribution < -0.4 is 0 Å². The Morgan fingerprint density at radius 1 is 0.958 bits per heavy atom. The topological polar surface area (TPSA) is 101 Å². The number of carbonyl (C=O) groups excluding carboxylic acids is 3. The summed E-state index contributed by atoms with van der Waals surface area (Å²) in [6, 6.07) is 0.486. The molecule has 0 radical (unpaired) electrons. The van der Waals surface area contributed by atoms with E-state index < -0.39 is 35.3 Å². The van der Waals surface area contributed by atoms with Gasteiger partial charge in [0.1, 0.15) is 12.0 Å². The number of ketones is 1. The van der Waals surface area contributed by atoms with Crippen LogP contribution in [0.4, 0.5) is 0 Å². The Morgan fingerprint density at radius 3 is 2.15 bits per heavy atom. The van der Waals surface area contributed by atoms with E-state index in [-0.39, 0.29) is 42.4 Å². The molecule has 0 unspecified atom stereocenters. The number of rotatable bonds is 8. The molecule has 3 aliphatic rings. The molecule has 2 saturated heterocycles. The van der Waals surface area contributed by atoms with Crippen molar-refractivity contribution in [3.05, 3.63) is 0 Å². The number of likely N-dealkylation sites (N-methyl/N-ethyl adjacent to an activating group) is 3. The number of carbonyl (C=O) groups is 3. The fraction of sp³-hybridized carbons (Fsp3) is 0.919. The molecule has 0 N–H and O–H groups in total. The summed E-state index contributed by atoms with van der Waals surface area (Å²) in [7, 11) is 13.7. The fourth-order valence-corrected chi connectivity index (χ4v) is 8.47. The van der Waals surface area contributed by atoms with Gasteiger partial charge >= 0.3 is 5.97 Å². The van der Waals surface area contributed by atoms with Gasteiger partial charge in [0.25, 0.3) is 0 Å². The van der Waals surface area contributed by atoms with Crippen LogP contribution in [0.5, 0.6) is 0 Å². The molecule has 0 spiro atoms. The normalized spacial score (nSPS) is 37.8. The molecule has 11 nitrogen and oxygen atoms in total. The second kappa shape index (κ2) is 17.1. The Kier molecular flexibility index (Phi) is 14.5. The minimum absolute atomic E-state index is 0.00912. The molecule has 8 atom stereocenters. The van der Waals surface area contributed by atoms with Crippen molar-refractivity contribution in [3.8, 4) is 0 Å². The first kappa shape index (κ1) is 40.8. The highest BCUT2D eigenvalue weighted by atomic mass is 16.7. The highest BCUT2D eigenvalue weighted by molar-refractivity contribution is 6.04. The number of hydrogen-bond acceptors (Lipinski definition) is 10. The standard InChI is InChI=1S/C37H68N4O7/c1-24-20-37(6,45-13)34(48-32-19-29(39(9)10)18-25(2)47-32)26(3)33(43)36(4,5)35(44)46-23-30(40(11)21-24)27-14-16-28(17-15-27)41(12)31(42)22-38(7)8/h24-30,32,34H,14-23H2,1-13H3/t24-,25-,26+,27?,28?,29+,30-,32+,34-,37-/m1/s1. The SMILES string of the molecule is CO[C@]1(C)C[C@@H](C)CN(C)[C@@H](C2CCC(N(C)C(=O)CN(C)C)CC2)COC(=O)C(C)(C)C(=O)[C@H](C)[C@H]1O[C@H]1C[C@@H](N(C)C)C[C@@H](C)O1. The lowest BCUT2D eigenvalue weighted by Crippen LogP contribution is -2.55. The molecule has 48 heavy (non-hydrogen) atoms. The molecule has 2 heterocycles. The van der Waals surface area contributed by atoms with Gasteiger partial charge in [-0.05, 0) is 113 Å². The van der Waals surface area contributed by atoms with Crippen molar-refractivity contribution in [1.29, 1.82) is 0 Å². The molecule has 278 valence electrons. The molecular formula is C37H68N4O7. The molecule has 3 fully saturated rings. The van der Waals surface area contributed by atoms with Crippen molar-refractivity contribution >= 4 is 17.7 Å². The number of cyclic esters (lactones) is 1. The molecule has 0 aromatic heterocycles.